The number of para-hydroxylation sites is 1. The van der Waals surface area contributed by atoms with E-state index in [0.29, 0.717) is 12.1 Å². The van der Waals surface area contributed by atoms with Gasteiger partial charge in [-0.15, -0.1) is 0 Å². The third-order valence-electron chi connectivity index (χ3n) is 5.21. The van der Waals surface area contributed by atoms with Crippen LogP contribution in [0.3, 0.4) is 0 Å². The van der Waals surface area contributed by atoms with Gasteiger partial charge in [-0.1, -0.05) is 18.2 Å². The van der Waals surface area contributed by atoms with Gasteiger partial charge >= 0.3 is 0 Å². The summed E-state index contributed by atoms with van der Waals surface area (Å²) in [4.78, 5) is 4.00. The fourth-order valence-electron chi connectivity index (χ4n) is 3.75. The smallest absolute Gasteiger partial charge is 0.137 e. The van der Waals surface area contributed by atoms with Crippen molar-refractivity contribution in [1.29, 1.82) is 0 Å². The molecule has 1 N–H and O–H groups in total. The number of nitrogens with one attached hydrogen (secondary N) is 1. The Morgan fingerprint density at radius 3 is 3.00 bits per heavy atom. The number of nitrogens with zero attached hydrogens (tertiary/aromatic N) is 3. The van der Waals surface area contributed by atoms with Crippen LogP contribution in [0.15, 0.2) is 36.9 Å². The Balaban J connectivity index is 1.44. The standard InChI is InChI=1S/C18H24N4O/c1-14(7-10-22-13-19-12-20-22)21-16-11-18(8-4-9-18)23-17-6-3-2-5-15(16)17/h2-3,5-6,12-14,16,21H,4,7-11H2,1H3/t14-,16-/m1/s1. The maximum absolute atomic E-state index is 6.32. The van der Waals surface area contributed by atoms with Gasteiger partial charge in [0.1, 0.15) is 24.0 Å². The first-order chi connectivity index (χ1) is 11.2. The van der Waals surface area contributed by atoms with E-state index in [4.69, 9.17) is 4.74 Å². The molecule has 1 aliphatic heterocycles. The van der Waals surface area contributed by atoms with Crippen LogP contribution in [0.2, 0.25) is 0 Å². The van der Waals surface area contributed by atoms with E-state index in [2.05, 4.69) is 46.6 Å². The molecule has 1 fully saturated rings. The van der Waals surface area contributed by atoms with E-state index in [1.165, 1.54) is 24.8 Å². The summed E-state index contributed by atoms with van der Waals surface area (Å²) in [6.45, 7) is 3.15. The molecule has 0 bridgehead atoms. The minimum atomic E-state index is 0.0810. The fraction of sp³-hybridized carbons (Fsp3) is 0.556. The van der Waals surface area contributed by atoms with E-state index in [0.717, 1.165) is 25.1 Å². The van der Waals surface area contributed by atoms with E-state index in [-0.39, 0.29) is 5.60 Å². The van der Waals surface area contributed by atoms with Gasteiger partial charge in [0.05, 0.1) is 0 Å². The molecule has 0 amide bonds. The zero-order chi connectivity index (χ0) is 15.7. The molecule has 1 saturated carbocycles. The second-order valence-corrected chi connectivity index (χ2v) is 6.95. The highest BCUT2D eigenvalue weighted by Gasteiger charge is 2.45. The van der Waals surface area contributed by atoms with Crippen LogP contribution >= 0.6 is 0 Å². The zero-order valence-electron chi connectivity index (χ0n) is 13.6. The molecule has 1 aromatic carbocycles. The van der Waals surface area contributed by atoms with Gasteiger partial charge in [0, 0.05) is 30.6 Å². The average molecular weight is 312 g/mol. The van der Waals surface area contributed by atoms with E-state index in [9.17, 15) is 0 Å². The number of hydrogen-bond acceptors (Lipinski definition) is 4. The van der Waals surface area contributed by atoms with Crippen molar-refractivity contribution < 1.29 is 4.74 Å². The SMILES string of the molecule is C[C@H](CCn1cncn1)N[C@@H]1CC2(CCC2)Oc2ccccc21. The maximum atomic E-state index is 6.32. The number of ether oxygens (including phenoxy) is 1. The van der Waals surface area contributed by atoms with Crippen LogP contribution in [0.1, 0.15) is 50.6 Å². The predicted molar refractivity (Wildman–Crippen MR) is 88.2 cm³/mol. The average Bonchev–Trinajstić information content (AvgIpc) is 3.05. The number of aromatic nitrogens is 3. The van der Waals surface area contributed by atoms with Crippen LogP contribution in [0, 0.1) is 0 Å². The second kappa shape index (κ2) is 5.96. The highest BCUT2D eigenvalue weighted by atomic mass is 16.5. The van der Waals surface area contributed by atoms with Gasteiger partial charge in [0.2, 0.25) is 0 Å². The molecule has 5 heteroatoms. The van der Waals surface area contributed by atoms with Crippen LogP contribution in [0.5, 0.6) is 5.75 Å². The summed E-state index contributed by atoms with van der Waals surface area (Å²) in [6, 6.07) is 9.29. The molecule has 1 aliphatic carbocycles. The number of aryl methyl sites for hydroxylation is 1. The third-order valence-corrected chi connectivity index (χ3v) is 5.21. The lowest BCUT2D eigenvalue weighted by molar-refractivity contribution is -0.0379. The first kappa shape index (κ1) is 14.7. The summed E-state index contributed by atoms with van der Waals surface area (Å²) in [6.07, 6.45) is 9.15. The molecule has 122 valence electrons. The maximum Gasteiger partial charge on any atom is 0.137 e. The van der Waals surface area contributed by atoms with Crippen LogP contribution in [-0.4, -0.2) is 26.4 Å². The molecule has 23 heavy (non-hydrogen) atoms. The molecule has 4 rings (SSSR count). The lowest BCUT2D eigenvalue weighted by Crippen LogP contribution is -2.50. The van der Waals surface area contributed by atoms with E-state index < -0.39 is 0 Å². The van der Waals surface area contributed by atoms with Gasteiger partial charge in [-0.3, -0.25) is 4.68 Å². The van der Waals surface area contributed by atoms with Gasteiger partial charge in [-0.2, -0.15) is 5.10 Å². The molecule has 2 aromatic rings. The van der Waals surface area contributed by atoms with E-state index in [1.807, 2.05) is 4.68 Å². The van der Waals surface area contributed by atoms with E-state index in [1.54, 1.807) is 12.7 Å². The van der Waals surface area contributed by atoms with Crippen molar-refractivity contribution in [3.8, 4) is 5.75 Å². The van der Waals surface area contributed by atoms with Crippen molar-refractivity contribution in [2.24, 2.45) is 0 Å². The third kappa shape index (κ3) is 2.98. The minimum Gasteiger partial charge on any atom is -0.487 e. The molecule has 2 aliphatic rings. The van der Waals surface area contributed by atoms with Crippen molar-refractivity contribution in [2.45, 2.75) is 63.3 Å². The molecule has 5 nitrogen and oxygen atoms in total. The quantitative estimate of drug-likeness (QED) is 0.922. The minimum absolute atomic E-state index is 0.0810. The zero-order valence-corrected chi connectivity index (χ0v) is 13.6. The van der Waals surface area contributed by atoms with Crippen molar-refractivity contribution in [3.63, 3.8) is 0 Å². The summed E-state index contributed by atoms with van der Waals surface area (Å²) < 4.78 is 8.22. The van der Waals surface area contributed by atoms with Crippen molar-refractivity contribution in [2.75, 3.05) is 0 Å². The van der Waals surface area contributed by atoms with E-state index >= 15 is 0 Å². The lowest BCUT2D eigenvalue weighted by Gasteiger charge is -2.48. The Morgan fingerprint density at radius 1 is 1.39 bits per heavy atom. The highest BCUT2D eigenvalue weighted by molar-refractivity contribution is 5.39. The predicted octanol–water partition coefficient (Wildman–Crippen LogP) is 3.09. The van der Waals surface area contributed by atoms with Crippen LogP contribution in [0.4, 0.5) is 0 Å². The Kier molecular flexibility index (Phi) is 3.81. The monoisotopic (exact) mass is 312 g/mol. The molecule has 0 radical (unpaired) electrons. The Bertz CT molecular complexity index is 651. The first-order valence-electron chi connectivity index (χ1n) is 8.61. The molecule has 1 aromatic heterocycles. The Labute approximate surface area is 137 Å². The largest absolute Gasteiger partial charge is 0.487 e. The summed E-state index contributed by atoms with van der Waals surface area (Å²) in [5.74, 6) is 1.07. The van der Waals surface area contributed by atoms with Crippen molar-refractivity contribution in [3.05, 3.63) is 42.5 Å². The van der Waals surface area contributed by atoms with Gasteiger partial charge in [0.15, 0.2) is 0 Å². The Morgan fingerprint density at radius 2 is 2.26 bits per heavy atom. The summed E-state index contributed by atoms with van der Waals surface area (Å²) >= 11 is 0. The van der Waals surface area contributed by atoms with Gasteiger partial charge in [-0.05, 0) is 38.7 Å². The second-order valence-electron chi connectivity index (χ2n) is 6.95. The molecule has 2 heterocycles. The lowest BCUT2D eigenvalue weighted by atomic mass is 9.73. The normalized spacial score (nSPS) is 22.9. The van der Waals surface area contributed by atoms with Crippen molar-refractivity contribution in [1.82, 2.24) is 20.1 Å². The molecule has 1 spiro atoms. The van der Waals surface area contributed by atoms with Gasteiger partial charge < -0.3 is 10.1 Å². The fourth-order valence-corrected chi connectivity index (χ4v) is 3.75. The van der Waals surface area contributed by atoms with Gasteiger partial charge in [-0.25, -0.2) is 4.98 Å². The van der Waals surface area contributed by atoms with Gasteiger partial charge in [0.25, 0.3) is 0 Å². The summed E-state index contributed by atoms with van der Waals surface area (Å²) in [5, 5.41) is 7.99. The number of benzene rings is 1. The first-order valence-corrected chi connectivity index (χ1v) is 8.61. The number of rotatable bonds is 5. The molecule has 0 saturated heterocycles. The molecular weight excluding hydrogens is 288 g/mol. The van der Waals surface area contributed by atoms with Crippen LogP contribution in [-0.2, 0) is 6.54 Å². The molecule has 0 unspecified atom stereocenters. The molecule has 2 atom stereocenters. The number of hydrogen-bond donors (Lipinski definition) is 1. The van der Waals surface area contributed by atoms with Crippen molar-refractivity contribution >= 4 is 0 Å². The Hall–Kier alpha value is -1.88. The molecular formula is C18H24N4O. The highest BCUT2D eigenvalue weighted by Crippen LogP contribution is 2.48. The summed E-state index contributed by atoms with van der Waals surface area (Å²) in [7, 11) is 0. The topological polar surface area (TPSA) is 52.0 Å². The van der Waals surface area contributed by atoms with Crippen LogP contribution in [0.25, 0.3) is 0 Å². The number of fused-ring (bicyclic) bond motifs is 1. The van der Waals surface area contributed by atoms with Crippen LogP contribution < -0.4 is 10.1 Å². The summed E-state index contributed by atoms with van der Waals surface area (Å²) in [5.41, 5.74) is 1.38.